The van der Waals surface area contributed by atoms with Crippen LogP contribution < -0.4 is 0 Å². The molecule has 0 atom stereocenters. The van der Waals surface area contributed by atoms with Gasteiger partial charge in [0.15, 0.2) is 6.29 Å². The van der Waals surface area contributed by atoms with Crippen molar-refractivity contribution < 1.29 is 4.79 Å². The van der Waals surface area contributed by atoms with Crippen molar-refractivity contribution in [2.45, 2.75) is 20.0 Å². The van der Waals surface area contributed by atoms with Gasteiger partial charge in [-0.2, -0.15) is 0 Å². The van der Waals surface area contributed by atoms with Crippen molar-refractivity contribution in [1.82, 2.24) is 14.1 Å². The van der Waals surface area contributed by atoms with E-state index in [0.717, 1.165) is 25.2 Å². The van der Waals surface area contributed by atoms with E-state index in [0.29, 0.717) is 5.69 Å². The average Bonchev–Trinajstić information content (AvgIpc) is 2.83. The third-order valence-electron chi connectivity index (χ3n) is 2.49. The molecule has 2 heterocycles. The predicted molar refractivity (Wildman–Crippen MR) is 56.8 cm³/mol. The number of carbonyl (C=O) groups excluding carboxylic acids is 1. The number of aryl methyl sites for hydroxylation is 3. The summed E-state index contributed by atoms with van der Waals surface area (Å²) in [6.45, 7) is 3.59. The standard InChI is InChI=1S/C11H13N3O/c1-10-12-4-6-13(10)7-8-14-5-2-3-11(14)9-15/h2-6,9H,7-8H2,1H3. The molecule has 0 amide bonds. The molecule has 4 heteroatoms. The molecule has 2 rings (SSSR count). The largest absolute Gasteiger partial charge is 0.344 e. The molecule has 78 valence electrons. The number of aldehydes is 1. The molecule has 0 radical (unpaired) electrons. The van der Waals surface area contributed by atoms with Crippen molar-refractivity contribution in [2.75, 3.05) is 0 Å². The molecule has 0 unspecified atom stereocenters. The Kier molecular flexibility index (Phi) is 2.67. The van der Waals surface area contributed by atoms with Crippen LogP contribution >= 0.6 is 0 Å². The van der Waals surface area contributed by atoms with Gasteiger partial charge in [0.05, 0.1) is 5.69 Å². The molecule has 0 saturated heterocycles. The molecule has 0 saturated carbocycles. The second kappa shape index (κ2) is 4.13. The lowest BCUT2D eigenvalue weighted by Crippen LogP contribution is -2.09. The molecule has 0 fully saturated rings. The highest BCUT2D eigenvalue weighted by atomic mass is 16.1. The summed E-state index contributed by atoms with van der Waals surface area (Å²) >= 11 is 0. The summed E-state index contributed by atoms with van der Waals surface area (Å²) in [5.74, 6) is 0.995. The molecule has 0 spiro atoms. The fourth-order valence-electron chi connectivity index (χ4n) is 1.59. The second-order valence-electron chi connectivity index (χ2n) is 3.41. The first-order chi connectivity index (χ1) is 7.31. The molecule has 0 aliphatic rings. The molecular weight excluding hydrogens is 190 g/mol. The van der Waals surface area contributed by atoms with Crippen LogP contribution in [0.2, 0.25) is 0 Å². The van der Waals surface area contributed by atoms with Gasteiger partial charge >= 0.3 is 0 Å². The van der Waals surface area contributed by atoms with Crippen LogP contribution in [0.25, 0.3) is 0 Å². The summed E-state index contributed by atoms with van der Waals surface area (Å²) in [7, 11) is 0. The van der Waals surface area contributed by atoms with Gasteiger partial charge in [0.25, 0.3) is 0 Å². The zero-order valence-corrected chi connectivity index (χ0v) is 8.63. The van der Waals surface area contributed by atoms with Crippen LogP contribution in [-0.4, -0.2) is 20.4 Å². The van der Waals surface area contributed by atoms with Gasteiger partial charge in [-0.3, -0.25) is 4.79 Å². The number of carbonyl (C=O) groups is 1. The maximum absolute atomic E-state index is 10.7. The van der Waals surface area contributed by atoms with E-state index in [1.165, 1.54) is 0 Å². The molecular formula is C11H13N3O. The first-order valence-electron chi connectivity index (χ1n) is 4.89. The summed E-state index contributed by atoms with van der Waals surface area (Å²) in [6.07, 6.45) is 6.52. The van der Waals surface area contributed by atoms with E-state index in [4.69, 9.17) is 0 Å². The van der Waals surface area contributed by atoms with Crippen molar-refractivity contribution in [3.05, 3.63) is 42.2 Å². The first-order valence-corrected chi connectivity index (χ1v) is 4.89. The van der Waals surface area contributed by atoms with E-state index in [2.05, 4.69) is 9.55 Å². The van der Waals surface area contributed by atoms with Gasteiger partial charge < -0.3 is 9.13 Å². The van der Waals surface area contributed by atoms with E-state index in [1.807, 2.05) is 36.0 Å². The summed E-state index contributed by atoms with van der Waals surface area (Å²) in [6, 6.07) is 3.69. The van der Waals surface area contributed by atoms with Gasteiger partial charge in [0, 0.05) is 31.7 Å². The Morgan fingerprint density at radius 2 is 2.13 bits per heavy atom. The number of hydrogen-bond acceptors (Lipinski definition) is 2. The van der Waals surface area contributed by atoms with Gasteiger partial charge in [-0.15, -0.1) is 0 Å². The SMILES string of the molecule is Cc1nccn1CCn1cccc1C=O. The highest BCUT2D eigenvalue weighted by molar-refractivity contribution is 5.72. The van der Waals surface area contributed by atoms with Crippen LogP contribution in [0.1, 0.15) is 16.3 Å². The number of nitrogens with zero attached hydrogens (tertiary/aromatic N) is 3. The van der Waals surface area contributed by atoms with E-state index in [1.54, 1.807) is 6.20 Å². The molecule has 0 bridgehead atoms. The minimum absolute atomic E-state index is 0.716. The third kappa shape index (κ3) is 1.98. The summed E-state index contributed by atoms with van der Waals surface area (Å²) in [4.78, 5) is 14.8. The molecule has 0 N–H and O–H groups in total. The van der Waals surface area contributed by atoms with Crippen LogP contribution in [0.3, 0.4) is 0 Å². The summed E-state index contributed by atoms with van der Waals surface area (Å²) in [5, 5.41) is 0. The fourth-order valence-corrected chi connectivity index (χ4v) is 1.59. The lowest BCUT2D eigenvalue weighted by molar-refractivity contribution is 0.111. The number of hydrogen-bond donors (Lipinski definition) is 0. The molecule has 0 aliphatic heterocycles. The fraction of sp³-hybridized carbons (Fsp3) is 0.273. The van der Waals surface area contributed by atoms with Crippen molar-refractivity contribution in [3.63, 3.8) is 0 Å². The van der Waals surface area contributed by atoms with Crippen LogP contribution in [0, 0.1) is 6.92 Å². The van der Waals surface area contributed by atoms with Gasteiger partial charge in [0.1, 0.15) is 5.82 Å². The van der Waals surface area contributed by atoms with Crippen molar-refractivity contribution in [3.8, 4) is 0 Å². The maximum Gasteiger partial charge on any atom is 0.166 e. The Bertz CT molecular complexity index is 456. The van der Waals surface area contributed by atoms with Gasteiger partial charge in [-0.05, 0) is 19.1 Å². The van der Waals surface area contributed by atoms with E-state index in [9.17, 15) is 4.79 Å². The number of imidazole rings is 1. The Morgan fingerprint density at radius 3 is 2.80 bits per heavy atom. The minimum Gasteiger partial charge on any atom is -0.344 e. The Balaban J connectivity index is 2.05. The topological polar surface area (TPSA) is 39.8 Å². The number of aromatic nitrogens is 3. The lowest BCUT2D eigenvalue weighted by atomic mass is 10.4. The molecule has 0 aromatic carbocycles. The van der Waals surface area contributed by atoms with Crippen molar-refractivity contribution in [2.24, 2.45) is 0 Å². The van der Waals surface area contributed by atoms with E-state index < -0.39 is 0 Å². The summed E-state index contributed by atoms with van der Waals surface area (Å²) in [5.41, 5.74) is 0.716. The van der Waals surface area contributed by atoms with E-state index in [-0.39, 0.29) is 0 Å². The smallest absolute Gasteiger partial charge is 0.166 e. The Hall–Kier alpha value is -1.84. The number of rotatable bonds is 4. The first kappa shape index (κ1) is 9.71. The van der Waals surface area contributed by atoms with Crippen LogP contribution in [-0.2, 0) is 13.1 Å². The zero-order valence-electron chi connectivity index (χ0n) is 8.63. The van der Waals surface area contributed by atoms with Crippen molar-refractivity contribution >= 4 is 6.29 Å². The average molecular weight is 203 g/mol. The van der Waals surface area contributed by atoms with E-state index >= 15 is 0 Å². The minimum atomic E-state index is 0.716. The molecule has 15 heavy (non-hydrogen) atoms. The zero-order chi connectivity index (χ0) is 10.7. The Labute approximate surface area is 88.2 Å². The quantitative estimate of drug-likeness (QED) is 0.706. The molecule has 2 aromatic rings. The monoisotopic (exact) mass is 203 g/mol. The maximum atomic E-state index is 10.7. The normalized spacial score (nSPS) is 10.5. The highest BCUT2D eigenvalue weighted by Crippen LogP contribution is 2.01. The second-order valence-corrected chi connectivity index (χ2v) is 3.41. The van der Waals surface area contributed by atoms with Crippen LogP contribution in [0.4, 0.5) is 0 Å². The third-order valence-corrected chi connectivity index (χ3v) is 2.49. The van der Waals surface area contributed by atoms with Gasteiger partial charge in [-0.1, -0.05) is 0 Å². The lowest BCUT2D eigenvalue weighted by Gasteiger charge is -2.07. The van der Waals surface area contributed by atoms with Gasteiger partial charge in [0.2, 0.25) is 0 Å². The van der Waals surface area contributed by atoms with Crippen LogP contribution in [0.5, 0.6) is 0 Å². The molecule has 4 nitrogen and oxygen atoms in total. The predicted octanol–water partition coefficient (Wildman–Crippen LogP) is 1.51. The highest BCUT2D eigenvalue weighted by Gasteiger charge is 2.00. The summed E-state index contributed by atoms with van der Waals surface area (Å²) < 4.78 is 4.00. The molecule has 0 aliphatic carbocycles. The Morgan fingerprint density at radius 1 is 1.33 bits per heavy atom. The van der Waals surface area contributed by atoms with Crippen LogP contribution in [0.15, 0.2) is 30.7 Å². The van der Waals surface area contributed by atoms with Gasteiger partial charge in [-0.25, -0.2) is 4.98 Å². The molecule has 2 aromatic heterocycles. The van der Waals surface area contributed by atoms with Crippen molar-refractivity contribution in [1.29, 1.82) is 0 Å².